The van der Waals surface area contributed by atoms with Crippen LogP contribution in [0.3, 0.4) is 0 Å². The topological polar surface area (TPSA) is 175 Å². The summed E-state index contributed by atoms with van der Waals surface area (Å²) < 4.78 is 10.6. The van der Waals surface area contributed by atoms with E-state index in [9.17, 15) is 28.8 Å². The predicted octanol–water partition coefficient (Wildman–Crippen LogP) is -0.819. The van der Waals surface area contributed by atoms with Crippen LogP contribution in [0.2, 0.25) is 0 Å². The first kappa shape index (κ1) is 24.8. The van der Waals surface area contributed by atoms with Gasteiger partial charge in [-0.2, -0.15) is 0 Å². The number of carboxylic acid groups (broad SMARTS) is 1. The van der Waals surface area contributed by atoms with E-state index in [0.717, 1.165) is 15.0 Å². The number of carboxylic acids is 1. The summed E-state index contributed by atoms with van der Waals surface area (Å²) in [5, 5.41) is 14.3. The lowest BCUT2D eigenvalue weighted by Gasteiger charge is -2.42. The van der Waals surface area contributed by atoms with Gasteiger partial charge in [-0.3, -0.25) is 24.6 Å². The maximum Gasteiger partial charge on any atom is 0.358 e. The van der Waals surface area contributed by atoms with Gasteiger partial charge in [0.1, 0.15) is 12.3 Å². The summed E-state index contributed by atoms with van der Waals surface area (Å²) in [6.45, 7) is 0.174. The molecule has 3 N–H and O–H groups in total. The largest absolute Gasteiger partial charge is 0.481 e. The van der Waals surface area contributed by atoms with Crippen LogP contribution >= 0.6 is 0 Å². The molecule has 192 valence electrons. The molecule has 0 saturated carbocycles. The summed E-state index contributed by atoms with van der Waals surface area (Å²) >= 11 is 0. The number of fused-ring (bicyclic) bond motifs is 2. The maximum absolute atomic E-state index is 13.4. The zero-order valence-corrected chi connectivity index (χ0v) is 19.2. The van der Waals surface area contributed by atoms with Crippen molar-refractivity contribution in [2.24, 2.45) is 0 Å². The Kier molecular flexibility index (Phi) is 7.22. The molecule has 2 atom stereocenters. The van der Waals surface area contributed by atoms with Crippen molar-refractivity contribution in [3.05, 3.63) is 23.8 Å². The van der Waals surface area contributed by atoms with Crippen LogP contribution in [-0.4, -0.2) is 88.1 Å². The van der Waals surface area contributed by atoms with Gasteiger partial charge in [-0.15, -0.1) is 0 Å². The van der Waals surface area contributed by atoms with Crippen LogP contribution in [0.5, 0.6) is 11.5 Å². The Labute approximate surface area is 205 Å². The van der Waals surface area contributed by atoms with E-state index in [0.29, 0.717) is 29.8 Å². The average molecular weight is 503 g/mol. The second-order valence-corrected chi connectivity index (χ2v) is 8.45. The van der Waals surface area contributed by atoms with E-state index < -0.39 is 48.2 Å². The molecule has 0 aliphatic carbocycles. The Bertz CT molecular complexity index is 1090. The highest BCUT2D eigenvalue weighted by atomic mass is 16.7. The minimum atomic E-state index is -1.29. The lowest BCUT2D eigenvalue weighted by molar-refractivity contribution is -0.155. The van der Waals surface area contributed by atoms with Crippen molar-refractivity contribution >= 4 is 36.0 Å². The molecule has 4 rings (SSSR count). The number of urea groups is 1. The van der Waals surface area contributed by atoms with Crippen molar-refractivity contribution in [1.82, 2.24) is 25.8 Å². The lowest BCUT2D eigenvalue weighted by atomic mass is 10.1. The predicted molar refractivity (Wildman–Crippen MR) is 118 cm³/mol. The molecule has 3 aliphatic heterocycles. The van der Waals surface area contributed by atoms with Crippen molar-refractivity contribution < 1.29 is 43.3 Å². The molecule has 0 spiro atoms. The number of aliphatic carboxylic acids is 1. The van der Waals surface area contributed by atoms with Gasteiger partial charge < -0.3 is 24.7 Å². The number of nitrogens with zero attached hydrogens (tertiary/aromatic N) is 3. The van der Waals surface area contributed by atoms with Crippen molar-refractivity contribution in [3.8, 4) is 11.5 Å². The van der Waals surface area contributed by atoms with E-state index in [-0.39, 0.29) is 39.1 Å². The van der Waals surface area contributed by atoms with Crippen LogP contribution in [0.15, 0.2) is 18.2 Å². The molecule has 3 aliphatic rings. The second kappa shape index (κ2) is 10.5. The van der Waals surface area contributed by atoms with E-state index in [1.165, 1.54) is 0 Å². The smallest absolute Gasteiger partial charge is 0.358 e. The highest BCUT2D eigenvalue weighted by molar-refractivity contribution is 5.93. The molecule has 5 amide bonds. The maximum atomic E-state index is 13.4. The number of hydrogen-bond donors (Lipinski definition) is 3. The number of carbonyl (C=O) groups excluding carboxylic acids is 5. The number of aldehydes is 1. The van der Waals surface area contributed by atoms with Crippen molar-refractivity contribution in [1.29, 1.82) is 0 Å². The second-order valence-electron chi connectivity index (χ2n) is 8.45. The van der Waals surface area contributed by atoms with Crippen LogP contribution in [0.25, 0.3) is 0 Å². The molecular weight excluding hydrogens is 478 g/mol. The molecule has 0 bridgehead atoms. The number of carbonyl (C=O) groups is 6. The van der Waals surface area contributed by atoms with Crippen molar-refractivity contribution in [2.45, 2.75) is 44.2 Å². The molecule has 1 aromatic carbocycles. The van der Waals surface area contributed by atoms with E-state index in [4.69, 9.17) is 14.6 Å². The van der Waals surface area contributed by atoms with Crippen molar-refractivity contribution in [2.75, 3.05) is 19.9 Å². The molecule has 14 heteroatoms. The Morgan fingerprint density at radius 2 is 1.94 bits per heavy atom. The van der Waals surface area contributed by atoms with Gasteiger partial charge in [0.25, 0.3) is 0 Å². The fraction of sp³-hybridized carbons (Fsp3) is 0.455. The summed E-state index contributed by atoms with van der Waals surface area (Å²) in [4.78, 5) is 73.9. The Hall–Kier alpha value is -4.36. The first-order valence-corrected chi connectivity index (χ1v) is 11.3. The summed E-state index contributed by atoms with van der Waals surface area (Å²) in [7, 11) is 0. The summed E-state index contributed by atoms with van der Waals surface area (Å²) in [5.74, 6) is -1.92. The molecule has 36 heavy (non-hydrogen) atoms. The number of hydrazine groups is 2. The molecule has 1 aromatic rings. The monoisotopic (exact) mass is 503 g/mol. The average Bonchev–Trinajstić information content (AvgIpc) is 3.28. The van der Waals surface area contributed by atoms with Crippen molar-refractivity contribution in [3.63, 3.8) is 0 Å². The van der Waals surface area contributed by atoms with Crippen LogP contribution in [0, 0.1) is 0 Å². The third kappa shape index (κ3) is 5.31. The van der Waals surface area contributed by atoms with Gasteiger partial charge in [0.15, 0.2) is 11.5 Å². The highest BCUT2D eigenvalue weighted by Gasteiger charge is 2.44. The highest BCUT2D eigenvalue weighted by Crippen LogP contribution is 2.32. The zero-order valence-electron chi connectivity index (χ0n) is 19.2. The van der Waals surface area contributed by atoms with E-state index >= 15 is 0 Å². The minimum Gasteiger partial charge on any atom is -0.481 e. The molecule has 0 radical (unpaired) electrons. The molecule has 14 nitrogen and oxygen atoms in total. The fourth-order valence-corrected chi connectivity index (χ4v) is 4.24. The van der Waals surface area contributed by atoms with Gasteiger partial charge in [-0.1, -0.05) is 6.07 Å². The van der Waals surface area contributed by atoms with E-state index in [2.05, 4.69) is 10.7 Å². The SMILES string of the molecule is O=C[C@H](CC(=O)O)NC(=O)[C@@H]1CCCN2C(=O)CCN(NC(=O)Cc3ccc4c(c3)OCO4)C(=O)N12. The van der Waals surface area contributed by atoms with E-state index in [1.807, 2.05) is 0 Å². The van der Waals surface area contributed by atoms with Crippen LogP contribution < -0.4 is 20.2 Å². The summed E-state index contributed by atoms with van der Waals surface area (Å²) in [6, 6.07) is 1.77. The van der Waals surface area contributed by atoms with Gasteiger partial charge in [-0.25, -0.2) is 19.8 Å². The number of benzene rings is 1. The van der Waals surface area contributed by atoms with Gasteiger partial charge >= 0.3 is 12.0 Å². The number of rotatable bonds is 8. The Morgan fingerprint density at radius 1 is 1.17 bits per heavy atom. The zero-order chi connectivity index (χ0) is 25.8. The first-order valence-electron chi connectivity index (χ1n) is 11.3. The number of ether oxygens (including phenoxy) is 2. The number of amides is 5. The van der Waals surface area contributed by atoms with Crippen LogP contribution in [0.4, 0.5) is 4.79 Å². The van der Waals surface area contributed by atoms with Gasteiger partial charge in [-0.05, 0) is 30.5 Å². The first-order chi connectivity index (χ1) is 17.3. The standard InChI is InChI=1S/C22H25N5O9/c28-11-14(10-20(31)32)23-21(33)15-2-1-6-26-19(30)5-7-25(22(34)27(15)26)24-18(29)9-13-3-4-16-17(8-13)36-12-35-16/h3-4,8,11,14-15H,1-2,5-7,9-10,12H2,(H,23,33)(H,24,29)(H,31,32)/t14-,15-/m0/s1. The fourth-order valence-electron chi connectivity index (χ4n) is 4.24. The molecular formula is C22H25N5O9. The third-order valence-electron chi connectivity index (χ3n) is 5.92. The normalized spacial score (nSPS) is 19.8. The molecule has 0 aromatic heterocycles. The van der Waals surface area contributed by atoms with E-state index in [1.54, 1.807) is 18.2 Å². The summed E-state index contributed by atoms with van der Waals surface area (Å²) in [5.41, 5.74) is 3.12. The quantitative estimate of drug-likeness (QED) is 0.383. The number of hydrogen-bond acceptors (Lipinski definition) is 8. The third-order valence-corrected chi connectivity index (χ3v) is 5.92. The molecule has 0 unspecified atom stereocenters. The van der Waals surface area contributed by atoms with Gasteiger partial charge in [0, 0.05) is 13.0 Å². The molecule has 2 saturated heterocycles. The minimum absolute atomic E-state index is 0.0851. The van der Waals surface area contributed by atoms with Gasteiger partial charge in [0.2, 0.25) is 24.5 Å². The number of nitrogens with one attached hydrogen (secondary N) is 2. The molecule has 2 fully saturated rings. The lowest BCUT2D eigenvalue weighted by Crippen LogP contribution is -2.64. The van der Waals surface area contributed by atoms with Crippen LogP contribution in [0.1, 0.15) is 31.2 Å². The molecule has 3 heterocycles. The van der Waals surface area contributed by atoms with Crippen LogP contribution in [-0.2, 0) is 30.4 Å². The summed E-state index contributed by atoms with van der Waals surface area (Å²) in [6.07, 6.45) is 0.0913. The Balaban J connectivity index is 1.47. The van der Waals surface area contributed by atoms with Gasteiger partial charge in [0.05, 0.1) is 25.4 Å². The Morgan fingerprint density at radius 3 is 2.69 bits per heavy atom.